The number of carbonyl (C=O) groups excluding carboxylic acids is 2. The normalized spacial score (nSPS) is 12.1. The summed E-state index contributed by atoms with van der Waals surface area (Å²) in [5.41, 5.74) is 0. The number of hydrogen-bond acceptors (Lipinski definition) is 4. The molecular formula is C9H10Cl6O4. The second-order valence-corrected chi connectivity index (χ2v) is 8.44. The highest BCUT2D eigenvalue weighted by atomic mass is 35.6. The van der Waals surface area contributed by atoms with Gasteiger partial charge in [0.1, 0.15) is 13.2 Å². The number of hydrogen-bond donors (Lipinski definition) is 0. The highest BCUT2D eigenvalue weighted by Crippen LogP contribution is 2.26. The van der Waals surface area contributed by atoms with E-state index in [4.69, 9.17) is 69.6 Å². The van der Waals surface area contributed by atoms with Crippen LogP contribution in [0.4, 0.5) is 0 Å². The lowest BCUT2D eigenvalue weighted by Crippen LogP contribution is -2.18. The van der Waals surface area contributed by atoms with Crippen molar-refractivity contribution in [3.63, 3.8) is 0 Å². The average Bonchev–Trinajstić information content (AvgIpc) is 2.22. The molecule has 0 aliphatic carbocycles. The Balaban J connectivity index is 3.68. The van der Waals surface area contributed by atoms with Gasteiger partial charge in [-0.1, -0.05) is 69.6 Å². The molecule has 0 unspecified atom stereocenters. The summed E-state index contributed by atoms with van der Waals surface area (Å²) in [5.74, 6) is -1.17. The highest BCUT2D eigenvalue weighted by molar-refractivity contribution is 6.68. The van der Waals surface area contributed by atoms with Gasteiger partial charge in [0.25, 0.3) is 0 Å². The van der Waals surface area contributed by atoms with Crippen molar-refractivity contribution in [2.45, 2.75) is 26.8 Å². The van der Waals surface area contributed by atoms with Crippen molar-refractivity contribution in [3.05, 3.63) is 0 Å². The van der Waals surface area contributed by atoms with E-state index >= 15 is 0 Å². The van der Waals surface area contributed by atoms with Crippen LogP contribution in [0.5, 0.6) is 0 Å². The monoisotopic (exact) mass is 392 g/mol. The number of rotatable bonds is 6. The lowest BCUT2D eigenvalue weighted by Gasteiger charge is -2.12. The maximum absolute atomic E-state index is 11.2. The minimum Gasteiger partial charge on any atom is -0.461 e. The molecule has 0 aromatic carbocycles. The molecule has 0 aliphatic heterocycles. The van der Waals surface area contributed by atoms with Crippen molar-refractivity contribution >= 4 is 81.5 Å². The van der Waals surface area contributed by atoms with Crippen LogP contribution in [0.25, 0.3) is 0 Å². The predicted octanol–water partition coefficient (Wildman–Crippen LogP) is 3.98. The van der Waals surface area contributed by atoms with Gasteiger partial charge in [0.05, 0.1) is 0 Å². The zero-order valence-electron chi connectivity index (χ0n) is 9.44. The van der Waals surface area contributed by atoms with Crippen LogP contribution < -0.4 is 0 Å². The summed E-state index contributed by atoms with van der Waals surface area (Å²) in [6, 6.07) is 0. The Morgan fingerprint density at radius 1 is 0.737 bits per heavy atom. The van der Waals surface area contributed by atoms with Gasteiger partial charge in [-0.05, 0) is 6.42 Å². The highest BCUT2D eigenvalue weighted by Gasteiger charge is 2.23. The van der Waals surface area contributed by atoms with E-state index in [9.17, 15) is 9.59 Å². The first-order valence-corrected chi connectivity index (χ1v) is 7.21. The number of alkyl halides is 6. The maximum atomic E-state index is 11.2. The van der Waals surface area contributed by atoms with Crippen molar-refractivity contribution in [2.75, 3.05) is 13.2 Å². The number of esters is 2. The third-order valence-electron chi connectivity index (χ3n) is 1.56. The van der Waals surface area contributed by atoms with Crippen LogP contribution in [0.3, 0.4) is 0 Å². The van der Waals surface area contributed by atoms with Crippen molar-refractivity contribution in [1.82, 2.24) is 0 Å². The van der Waals surface area contributed by atoms with Crippen molar-refractivity contribution < 1.29 is 19.1 Å². The first-order chi connectivity index (χ1) is 8.49. The third kappa shape index (κ3) is 14.9. The molecular weight excluding hydrogens is 385 g/mol. The molecule has 0 bridgehead atoms. The molecule has 112 valence electrons. The minimum atomic E-state index is -1.65. The number of halogens is 6. The summed E-state index contributed by atoms with van der Waals surface area (Å²) >= 11 is 32.3. The molecule has 0 radical (unpaired) electrons. The second kappa shape index (κ2) is 8.85. The van der Waals surface area contributed by atoms with E-state index in [1.54, 1.807) is 0 Å². The summed E-state index contributed by atoms with van der Waals surface area (Å²) in [6.07, 6.45) is 0.199. The van der Waals surface area contributed by atoms with Crippen LogP contribution in [-0.2, 0) is 19.1 Å². The Labute approximate surface area is 140 Å². The predicted molar refractivity (Wildman–Crippen MR) is 76.3 cm³/mol. The van der Waals surface area contributed by atoms with Crippen molar-refractivity contribution in [3.8, 4) is 0 Å². The van der Waals surface area contributed by atoms with E-state index in [0.717, 1.165) is 0 Å². The topological polar surface area (TPSA) is 52.6 Å². The SMILES string of the molecule is O=C(CCCC(=O)OCC(Cl)(Cl)Cl)OCC(Cl)(Cl)Cl. The molecule has 0 fully saturated rings. The molecule has 4 nitrogen and oxygen atoms in total. The van der Waals surface area contributed by atoms with Gasteiger partial charge in [-0.2, -0.15) is 0 Å². The quantitative estimate of drug-likeness (QED) is 0.505. The maximum Gasteiger partial charge on any atom is 0.305 e. The van der Waals surface area contributed by atoms with E-state index in [2.05, 4.69) is 9.47 Å². The Bertz CT molecular complexity index is 279. The summed E-state index contributed by atoms with van der Waals surface area (Å²) in [4.78, 5) is 22.3. The van der Waals surface area contributed by atoms with E-state index in [0.29, 0.717) is 0 Å². The Morgan fingerprint density at radius 3 is 1.32 bits per heavy atom. The van der Waals surface area contributed by atoms with E-state index in [1.165, 1.54) is 0 Å². The van der Waals surface area contributed by atoms with Gasteiger partial charge in [-0.3, -0.25) is 9.59 Å². The molecule has 0 aromatic rings. The minimum absolute atomic E-state index is 0.0103. The Kier molecular flexibility index (Phi) is 9.17. The average molecular weight is 395 g/mol. The fourth-order valence-electron chi connectivity index (χ4n) is 0.846. The Hall–Kier alpha value is 0.680. The Morgan fingerprint density at radius 2 is 1.05 bits per heavy atom. The summed E-state index contributed by atoms with van der Waals surface area (Å²) in [7, 11) is 0. The van der Waals surface area contributed by atoms with Crippen LogP contribution >= 0.6 is 69.6 Å². The van der Waals surface area contributed by atoms with Gasteiger partial charge >= 0.3 is 11.9 Å². The summed E-state index contributed by atoms with van der Waals surface area (Å²) in [5, 5.41) is 0. The smallest absolute Gasteiger partial charge is 0.305 e. The van der Waals surface area contributed by atoms with Gasteiger partial charge in [-0.15, -0.1) is 0 Å². The number of ether oxygens (including phenoxy) is 2. The molecule has 19 heavy (non-hydrogen) atoms. The summed E-state index contributed by atoms with van der Waals surface area (Å²) in [6.45, 7) is -0.706. The molecule has 0 heterocycles. The van der Waals surface area contributed by atoms with Gasteiger partial charge in [-0.25, -0.2) is 0 Å². The van der Waals surface area contributed by atoms with Crippen LogP contribution in [-0.4, -0.2) is 32.7 Å². The molecule has 0 saturated heterocycles. The molecule has 0 aromatic heterocycles. The third-order valence-corrected chi connectivity index (χ3v) is 2.21. The molecule has 0 rings (SSSR count). The molecule has 0 N–H and O–H groups in total. The summed E-state index contributed by atoms with van der Waals surface area (Å²) < 4.78 is 6.00. The van der Waals surface area contributed by atoms with Crippen LogP contribution in [0.2, 0.25) is 0 Å². The first kappa shape index (κ1) is 19.7. The molecule has 0 aliphatic rings. The van der Waals surface area contributed by atoms with Gasteiger partial charge in [0.2, 0.25) is 7.59 Å². The lowest BCUT2D eigenvalue weighted by atomic mass is 10.2. The van der Waals surface area contributed by atoms with Gasteiger partial charge < -0.3 is 9.47 Å². The fraction of sp³-hybridized carbons (Fsp3) is 0.778. The standard InChI is InChI=1S/C9H10Cl6O4/c10-8(11,12)4-18-6(16)2-1-3-7(17)19-5-9(13,14)15/h1-5H2. The van der Waals surface area contributed by atoms with E-state index in [1.807, 2.05) is 0 Å². The molecule has 10 heteroatoms. The van der Waals surface area contributed by atoms with Gasteiger partial charge in [0, 0.05) is 12.8 Å². The van der Waals surface area contributed by atoms with Crippen molar-refractivity contribution in [1.29, 1.82) is 0 Å². The van der Waals surface area contributed by atoms with Gasteiger partial charge in [0.15, 0.2) is 0 Å². The van der Waals surface area contributed by atoms with E-state index in [-0.39, 0.29) is 32.5 Å². The zero-order valence-corrected chi connectivity index (χ0v) is 14.0. The molecule has 0 saturated carbocycles. The molecule has 0 amide bonds. The fourth-order valence-corrected chi connectivity index (χ4v) is 1.17. The van der Waals surface area contributed by atoms with Crippen LogP contribution in [0.15, 0.2) is 0 Å². The van der Waals surface area contributed by atoms with Crippen LogP contribution in [0, 0.1) is 0 Å². The second-order valence-electron chi connectivity index (χ2n) is 3.41. The number of carbonyl (C=O) groups is 2. The van der Waals surface area contributed by atoms with Crippen LogP contribution in [0.1, 0.15) is 19.3 Å². The van der Waals surface area contributed by atoms with E-state index < -0.39 is 19.5 Å². The molecule has 0 spiro atoms. The van der Waals surface area contributed by atoms with Crippen molar-refractivity contribution in [2.24, 2.45) is 0 Å². The largest absolute Gasteiger partial charge is 0.461 e. The zero-order chi connectivity index (χ0) is 15.1. The first-order valence-electron chi connectivity index (χ1n) is 4.94. The lowest BCUT2D eigenvalue weighted by molar-refractivity contribution is -0.145. The molecule has 0 atom stereocenters.